The molecule has 9 rings (SSSR count). The molecule has 0 saturated carbocycles. The molecule has 0 unspecified atom stereocenters. The number of hydrogen-bond donors (Lipinski definition) is 0. The predicted molar refractivity (Wildman–Crippen MR) is 173 cm³/mol. The number of rotatable bonds is 2. The van der Waals surface area contributed by atoms with Crippen LogP contribution in [0, 0.1) is 0 Å². The van der Waals surface area contributed by atoms with Crippen molar-refractivity contribution < 1.29 is 2.74 Å². The average molecular weight is 527 g/mol. The Balaban J connectivity index is 1.40. The van der Waals surface area contributed by atoms with Crippen molar-refractivity contribution in [3.63, 3.8) is 0 Å². The van der Waals surface area contributed by atoms with Crippen LogP contribution in [0.1, 0.15) is 27.7 Å². The Labute approximate surface area is 241 Å². The first kappa shape index (κ1) is 20.8. The molecule has 0 saturated heterocycles. The summed E-state index contributed by atoms with van der Waals surface area (Å²) in [6.45, 7) is 4.64. The number of benzene rings is 6. The molecule has 0 fully saturated rings. The Bertz CT molecular complexity index is 2440. The highest BCUT2D eigenvalue weighted by atomic mass is 15.0. The zero-order valence-corrected chi connectivity index (χ0v) is 22.9. The first-order valence-electron chi connectivity index (χ1n) is 15.2. The lowest BCUT2D eigenvalue weighted by Crippen LogP contribution is -2.15. The maximum absolute atomic E-state index is 8.51. The second kappa shape index (κ2) is 7.99. The van der Waals surface area contributed by atoms with Gasteiger partial charge in [0.05, 0.1) is 24.8 Å². The summed E-state index contributed by atoms with van der Waals surface area (Å²) in [6.07, 6.45) is 0. The summed E-state index contributed by atoms with van der Waals surface area (Å²) in [4.78, 5) is 0. The third-order valence-corrected chi connectivity index (χ3v) is 9.18. The Morgan fingerprint density at radius 3 is 1.73 bits per heavy atom. The minimum atomic E-state index is -0.101. The first-order chi connectivity index (χ1) is 20.9. The fraction of sp³-hybridized carbons (Fsp3) is 0.0769. The lowest BCUT2D eigenvalue weighted by atomic mass is 9.82. The third kappa shape index (κ3) is 2.97. The van der Waals surface area contributed by atoms with Gasteiger partial charge in [0.2, 0.25) is 0 Å². The Morgan fingerprint density at radius 2 is 1.05 bits per heavy atom. The first-order valence-corrected chi connectivity index (χ1v) is 14.2. The van der Waals surface area contributed by atoms with Gasteiger partial charge in [-0.1, -0.05) is 98.7 Å². The van der Waals surface area contributed by atoms with Gasteiger partial charge in [-0.05, 0) is 70.8 Å². The van der Waals surface area contributed by atoms with Crippen LogP contribution in [0.25, 0.3) is 66.1 Å². The maximum atomic E-state index is 8.51. The van der Waals surface area contributed by atoms with E-state index in [0.29, 0.717) is 12.1 Å². The van der Waals surface area contributed by atoms with Gasteiger partial charge in [-0.15, -0.1) is 0 Å². The number of nitrogens with zero attached hydrogens (tertiary/aromatic N) is 2. The highest BCUT2D eigenvalue weighted by Crippen LogP contribution is 2.49. The van der Waals surface area contributed by atoms with E-state index in [-0.39, 0.29) is 5.41 Å². The second-order valence-corrected chi connectivity index (χ2v) is 11.7. The van der Waals surface area contributed by atoms with Crippen LogP contribution in [0.5, 0.6) is 0 Å². The highest BCUT2D eigenvalue weighted by molar-refractivity contribution is 6.19. The summed E-state index contributed by atoms with van der Waals surface area (Å²) < 4.78 is 21.6. The van der Waals surface area contributed by atoms with E-state index >= 15 is 0 Å². The van der Waals surface area contributed by atoms with Crippen molar-refractivity contribution in [3.8, 4) is 22.5 Å². The number of para-hydroxylation sites is 3. The maximum Gasteiger partial charge on any atom is 0.0623 e. The van der Waals surface area contributed by atoms with Crippen LogP contribution in [0.2, 0.25) is 0 Å². The van der Waals surface area contributed by atoms with E-state index in [9.17, 15) is 0 Å². The van der Waals surface area contributed by atoms with E-state index < -0.39 is 0 Å². The molecule has 1 aliphatic rings. The monoisotopic (exact) mass is 526 g/mol. The van der Waals surface area contributed by atoms with Gasteiger partial charge < -0.3 is 9.13 Å². The summed E-state index contributed by atoms with van der Waals surface area (Å²) in [6, 6.07) is 43.5. The lowest BCUT2D eigenvalue weighted by molar-refractivity contribution is 0.660. The van der Waals surface area contributed by atoms with E-state index in [1.807, 2.05) is 30.3 Å². The van der Waals surface area contributed by atoms with Crippen LogP contribution in [-0.4, -0.2) is 9.13 Å². The summed E-state index contributed by atoms with van der Waals surface area (Å²) >= 11 is 0. The zero-order valence-electron chi connectivity index (χ0n) is 24.9. The Kier molecular flexibility index (Phi) is 4.05. The topological polar surface area (TPSA) is 9.86 Å². The van der Waals surface area contributed by atoms with Gasteiger partial charge in [0.1, 0.15) is 0 Å². The minimum absolute atomic E-state index is 0.101. The van der Waals surface area contributed by atoms with Gasteiger partial charge in [0, 0.05) is 38.3 Å². The molecule has 2 heteroatoms. The fourth-order valence-electron chi connectivity index (χ4n) is 7.27. The largest absolute Gasteiger partial charge is 0.309 e. The molecule has 41 heavy (non-hydrogen) atoms. The number of aromatic nitrogens is 2. The molecule has 0 radical (unpaired) electrons. The molecule has 6 aromatic carbocycles. The summed E-state index contributed by atoms with van der Waals surface area (Å²) in [5.74, 6) is 0. The minimum Gasteiger partial charge on any atom is -0.309 e. The van der Waals surface area contributed by atoms with Gasteiger partial charge >= 0.3 is 0 Å². The van der Waals surface area contributed by atoms with Crippen molar-refractivity contribution in [3.05, 3.63) is 145 Å². The fourth-order valence-corrected chi connectivity index (χ4v) is 7.27. The van der Waals surface area contributed by atoms with Gasteiger partial charge in [0.25, 0.3) is 0 Å². The number of fused-ring (bicyclic) bond motifs is 9. The van der Waals surface area contributed by atoms with Crippen molar-refractivity contribution in [2.45, 2.75) is 19.3 Å². The molecule has 0 bridgehead atoms. The summed E-state index contributed by atoms with van der Waals surface area (Å²) in [5, 5.41) is 4.37. The van der Waals surface area contributed by atoms with E-state index in [4.69, 9.17) is 2.74 Å². The van der Waals surface area contributed by atoms with Crippen molar-refractivity contribution in [2.75, 3.05) is 0 Å². The number of hydrogen-bond acceptors (Lipinski definition) is 0. The predicted octanol–water partition coefficient (Wildman–Crippen LogP) is 10.2. The standard InChI is InChI=1S/C39H28N2/c1-39(2)33-17-9-6-14-27(33)28-21-20-26(22-34(28)39)41-36-19-11-8-16-30(36)32-23-37-31(24-38(32)41)29-15-7-10-18-35(29)40(37)25-12-4-3-5-13-25/h3-24H,1-2H3/i7D,8D. The van der Waals surface area contributed by atoms with E-state index in [1.54, 1.807) is 0 Å². The molecule has 2 heterocycles. The molecule has 0 amide bonds. The molecular weight excluding hydrogens is 496 g/mol. The van der Waals surface area contributed by atoms with E-state index in [0.717, 1.165) is 55.0 Å². The van der Waals surface area contributed by atoms with Crippen LogP contribution in [0.3, 0.4) is 0 Å². The van der Waals surface area contributed by atoms with Crippen molar-refractivity contribution in [1.82, 2.24) is 9.13 Å². The SMILES string of the molecule is [2H]c1ccc2c(c1)c1cc3c(cc1n2-c1ccccc1)c1cc([2H])ccc1n3-c1ccc2c(c1)C(C)(C)c1ccccc1-2. The summed E-state index contributed by atoms with van der Waals surface area (Å²) in [7, 11) is 0. The summed E-state index contributed by atoms with van der Waals surface area (Å²) in [5.41, 5.74) is 11.8. The molecule has 0 spiro atoms. The Hall–Kier alpha value is -5.08. The normalized spacial score (nSPS) is 14.5. The lowest BCUT2D eigenvalue weighted by Gasteiger charge is -2.22. The molecule has 2 aromatic heterocycles. The third-order valence-electron chi connectivity index (χ3n) is 9.18. The highest BCUT2D eigenvalue weighted by Gasteiger charge is 2.35. The molecule has 8 aromatic rings. The van der Waals surface area contributed by atoms with Crippen molar-refractivity contribution in [1.29, 1.82) is 0 Å². The molecule has 194 valence electrons. The van der Waals surface area contributed by atoms with Gasteiger partial charge in [0.15, 0.2) is 0 Å². The van der Waals surface area contributed by atoms with Gasteiger partial charge in [-0.25, -0.2) is 0 Å². The van der Waals surface area contributed by atoms with E-state index in [2.05, 4.69) is 114 Å². The second-order valence-electron chi connectivity index (χ2n) is 11.7. The molecule has 1 aliphatic carbocycles. The van der Waals surface area contributed by atoms with Crippen LogP contribution >= 0.6 is 0 Å². The molecule has 2 nitrogen and oxygen atoms in total. The van der Waals surface area contributed by atoms with Crippen molar-refractivity contribution in [2.24, 2.45) is 0 Å². The van der Waals surface area contributed by atoms with Crippen LogP contribution in [-0.2, 0) is 5.41 Å². The van der Waals surface area contributed by atoms with Gasteiger partial charge in [-0.3, -0.25) is 0 Å². The molecule has 0 atom stereocenters. The van der Waals surface area contributed by atoms with Gasteiger partial charge in [-0.2, -0.15) is 0 Å². The molecular formula is C39H28N2. The molecule has 0 N–H and O–H groups in total. The smallest absolute Gasteiger partial charge is 0.0623 e. The van der Waals surface area contributed by atoms with E-state index in [1.165, 1.54) is 22.3 Å². The quantitative estimate of drug-likeness (QED) is 0.212. The Morgan fingerprint density at radius 1 is 0.463 bits per heavy atom. The van der Waals surface area contributed by atoms with Crippen LogP contribution in [0.15, 0.2) is 133 Å². The van der Waals surface area contributed by atoms with Crippen LogP contribution < -0.4 is 0 Å². The van der Waals surface area contributed by atoms with Crippen LogP contribution in [0.4, 0.5) is 0 Å². The van der Waals surface area contributed by atoms with Crippen molar-refractivity contribution >= 4 is 43.6 Å². The molecule has 0 aliphatic heterocycles. The zero-order chi connectivity index (χ0) is 29.0. The average Bonchev–Trinajstić information content (AvgIpc) is 3.59.